The standard InChI is InChI=1S/C24H40N2O4S/c1-2-3-4-5-6-7-8-9-10-11-12-13-24(27)25-22-14-16-23(17-15-22)31(28,29)26-18-20-30-21-19-26/h14-17H,2-13,18-21H2,1H3,(H,25,27). The highest BCUT2D eigenvalue weighted by Gasteiger charge is 2.26. The van der Waals surface area contributed by atoms with Gasteiger partial charge in [0.1, 0.15) is 0 Å². The molecule has 1 fully saturated rings. The van der Waals surface area contributed by atoms with E-state index in [1.54, 1.807) is 24.3 Å². The summed E-state index contributed by atoms with van der Waals surface area (Å²) < 4.78 is 31.9. The van der Waals surface area contributed by atoms with Crippen LogP contribution in [0.4, 0.5) is 5.69 Å². The van der Waals surface area contributed by atoms with Gasteiger partial charge >= 0.3 is 0 Å². The minimum Gasteiger partial charge on any atom is -0.379 e. The normalized spacial score (nSPS) is 15.1. The number of morpholine rings is 1. The molecule has 0 unspecified atom stereocenters. The van der Waals surface area contributed by atoms with Crippen LogP contribution in [0.5, 0.6) is 0 Å². The van der Waals surface area contributed by atoms with Gasteiger partial charge in [0, 0.05) is 25.2 Å². The predicted molar refractivity (Wildman–Crippen MR) is 126 cm³/mol. The summed E-state index contributed by atoms with van der Waals surface area (Å²) in [6.07, 6.45) is 14.3. The molecule has 6 nitrogen and oxygen atoms in total. The maximum atomic E-state index is 12.6. The largest absolute Gasteiger partial charge is 0.379 e. The Balaban J connectivity index is 1.59. The lowest BCUT2D eigenvalue weighted by atomic mass is 10.1. The topological polar surface area (TPSA) is 75.7 Å². The van der Waals surface area contributed by atoms with Gasteiger partial charge in [-0.1, -0.05) is 71.1 Å². The van der Waals surface area contributed by atoms with Crippen LogP contribution >= 0.6 is 0 Å². The number of hydrogen-bond acceptors (Lipinski definition) is 4. The Morgan fingerprint density at radius 1 is 0.871 bits per heavy atom. The van der Waals surface area contributed by atoms with Crippen molar-refractivity contribution in [1.82, 2.24) is 4.31 Å². The minimum absolute atomic E-state index is 0.0142. The van der Waals surface area contributed by atoms with E-state index >= 15 is 0 Å². The number of anilines is 1. The van der Waals surface area contributed by atoms with Gasteiger partial charge in [0.15, 0.2) is 0 Å². The van der Waals surface area contributed by atoms with Crippen molar-refractivity contribution in [3.05, 3.63) is 24.3 Å². The molecule has 1 saturated heterocycles. The summed E-state index contributed by atoms with van der Waals surface area (Å²) in [7, 11) is -3.50. The molecule has 2 rings (SSSR count). The molecule has 1 aromatic rings. The smallest absolute Gasteiger partial charge is 0.243 e. The first kappa shape index (κ1) is 25.8. The number of sulfonamides is 1. The van der Waals surface area contributed by atoms with Crippen molar-refractivity contribution in [3.63, 3.8) is 0 Å². The van der Waals surface area contributed by atoms with Crippen LogP contribution in [0.2, 0.25) is 0 Å². The summed E-state index contributed by atoms with van der Waals surface area (Å²) >= 11 is 0. The Morgan fingerprint density at radius 2 is 1.39 bits per heavy atom. The summed E-state index contributed by atoms with van der Waals surface area (Å²) in [6.45, 7) is 3.84. The van der Waals surface area contributed by atoms with E-state index in [1.807, 2.05) is 0 Å². The lowest BCUT2D eigenvalue weighted by molar-refractivity contribution is -0.116. The molecule has 0 aliphatic carbocycles. The average Bonchev–Trinajstić information content (AvgIpc) is 2.78. The van der Waals surface area contributed by atoms with Crippen molar-refractivity contribution in [2.24, 2.45) is 0 Å². The molecule has 1 aliphatic heterocycles. The number of carbonyl (C=O) groups excluding carboxylic acids is 1. The number of hydrogen-bond donors (Lipinski definition) is 1. The van der Waals surface area contributed by atoms with Gasteiger partial charge < -0.3 is 10.1 Å². The Labute approximate surface area is 188 Å². The van der Waals surface area contributed by atoms with Crippen molar-refractivity contribution >= 4 is 21.6 Å². The van der Waals surface area contributed by atoms with E-state index in [9.17, 15) is 13.2 Å². The van der Waals surface area contributed by atoms with Crippen LogP contribution in [0.3, 0.4) is 0 Å². The Bertz CT molecular complexity index is 728. The third-order valence-electron chi connectivity index (χ3n) is 5.75. The second kappa shape index (κ2) is 14.6. The van der Waals surface area contributed by atoms with Crippen LogP contribution in [0, 0.1) is 0 Å². The molecule has 176 valence electrons. The van der Waals surface area contributed by atoms with Gasteiger partial charge in [0.25, 0.3) is 0 Å². The highest BCUT2D eigenvalue weighted by atomic mass is 32.2. The molecule has 0 spiro atoms. The Hall–Kier alpha value is -1.44. The highest BCUT2D eigenvalue weighted by Crippen LogP contribution is 2.20. The first-order valence-electron chi connectivity index (χ1n) is 12.0. The molecular weight excluding hydrogens is 412 g/mol. The number of amides is 1. The fourth-order valence-electron chi connectivity index (χ4n) is 3.82. The monoisotopic (exact) mass is 452 g/mol. The maximum Gasteiger partial charge on any atom is 0.243 e. The summed E-state index contributed by atoms with van der Waals surface area (Å²) in [5.74, 6) is -0.0142. The van der Waals surface area contributed by atoms with E-state index in [-0.39, 0.29) is 10.8 Å². The number of nitrogens with zero attached hydrogens (tertiary/aromatic N) is 1. The van der Waals surface area contributed by atoms with E-state index in [2.05, 4.69) is 12.2 Å². The molecule has 1 aliphatic rings. The van der Waals surface area contributed by atoms with Gasteiger partial charge in [-0.05, 0) is 30.7 Å². The second-order valence-electron chi connectivity index (χ2n) is 8.37. The fraction of sp³-hybridized carbons (Fsp3) is 0.708. The molecule has 1 N–H and O–H groups in total. The van der Waals surface area contributed by atoms with Crippen LogP contribution < -0.4 is 5.32 Å². The lowest BCUT2D eigenvalue weighted by Gasteiger charge is -2.26. The zero-order valence-corrected chi connectivity index (χ0v) is 19.9. The number of carbonyl (C=O) groups is 1. The summed E-state index contributed by atoms with van der Waals surface area (Å²) in [6, 6.07) is 6.43. The third kappa shape index (κ3) is 9.71. The maximum absolute atomic E-state index is 12.6. The van der Waals surface area contributed by atoms with Gasteiger partial charge in [-0.15, -0.1) is 0 Å². The fourth-order valence-corrected chi connectivity index (χ4v) is 5.23. The number of nitrogens with one attached hydrogen (secondary N) is 1. The average molecular weight is 453 g/mol. The summed E-state index contributed by atoms with van der Waals surface area (Å²) in [5.41, 5.74) is 0.633. The molecule has 0 radical (unpaired) electrons. The molecular formula is C24H40N2O4S. The zero-order valence-electron chi connectivity index (χ0n) is 19.1. The van der Waals surface area contributed by atoms with Crippen LogP contribution in [0.25, 0.3) is 0 Å². The van der Waals surface area contributed by atoms with Crippen LogP contribution in [0.1, 0.15) is 84.0 Å². The molecule has 7 heteroatoms. The summed E-state index contributed by atoms with van der Waals surface area (Å²) in [4.78, 5) is 12.4. The first-order valence-corrected chi connectivity index (χ1v) is 13.5. The molecule has 1 aromatic carbocycles. The van der Waals surface area contributed by atoms with Crippen molar-refractivity contribution < 1.29 is 17.9 Å². The molecule has 0 saturated carbocycles. The SMILES string of the molecule is CCCCCCCCCCCCCC(=O)Nc1ccc(S(=O)(=O)N2CCOCC2)cc1. The first-order chi connectivity index (χ1) is 15.0. The van der Waals surface area contributed by atoms with Gasteiger partial charge in [0.05, 0.1) is 18.1 Å². The van der Waals surface area contributed by atoms with Crippen LogP contribution in [-0.4, -0.2) is 44.9 Å². The lowest BCUT2D eigenvalue weighted by Crippen LogP contribution is -2.40. The predicted octanol–water partition coefficient (Wildman–Crippen LogP) is 5.35. The van der Waals surface area contributed by atoms with Crippen LogP contribution in [-0.2, 0) is 19.6 Å². The molecule has 0 atom stereocenters. The number of rotatable bonds is 15. The number of benzene rings is 1. The summed E-state index contributed by atoms with van der Waals surface area (Å²) in [5, 5.41) is 2.87. The van der Waals surface area contributed by atoms with Crippen molar-refractivity contribution in [1.29, 1.82) is 0 Å². The van der Waals surface area contributed by atoms with Crippen molar-refractivity contribution in [2.45, 2.75) is 88.9 Å². The van der Waals surface area contributed by atoms with Crippen molar-refractivity contribution in [2.75, 3.05) is 31.6 Å². The van der Waals surface area contributed by atoms with E-state index in [4.69, 9.17) is 4.74 Å². The molecule has 31 heavy (non-hydrogen) atoms. The highest BCUT2D eigenvalue weighted by molar-refractivity contribution is 7.89. The van der Waals surface area contributed by atoms with E-state index in [0.717, 1.165) is 12.8 Å². The zero-order chi connectivity index (χ0) is 22.4. The second-order valence-corrected chi connectivity index (χ2v) is 10.3. The Kier molecular flexibility index (Phi) is 12.2. The van der Waals surface area contributed by atoms with Gasteiger partial charge in [0.2, 0.25) is 15.9 Å². The van der Waals surface area contributed by atoms with Gasteiger partial charge in [-0.25, -0.2) is 8.42 Å². The molecule has 0 bridgehead atoms. The minimum atomic E-state index is -3.50. The van der Waals surface area contributed by atoms with Gasteiger partial charge in [-0.3, -0.25) is 4.79 Å². The van der Waals surface area contributed by atoms with Crippen LogP contribution in [0.15, 0.2) is 29.2 Å². The molecule has 1 amide bonds. The van der Waals surface area contributed by atoms with Crippen molar-refractivity contribution in [3.8, 4) is 0 Å². The quantitative estimate of drug-likeness (QED) is 0.364. The Morgan fingerprint density at radius 3 is 1.94 bits per heavy atom. The van der Waals surface area contributed by atoms with Gasteiger partial charge in [-0.2, -0.15) is 4.31 Å². The molecule has 1 heterocycles. The van der Waals surface area contributed by atoms with E-state index in [1.165, 1.54) is 62.1 Å². The van der Waals surface area contributed by atoms with E-state index < -0.39 is 10.0 Å². The molecule has 0 aromatic heterocycles. The third-order valence-corrected chi connectivity index (χ3v) is 7.67. The van der Waals surface area contributed by atoms with E-state index in [0.29, 0.717) is 38.4 Å². The number of unbranched alkanes of at least 4 members (excludes halogenated alkanes) is 10. The number of ether oxygens (including phenoxy) is 1.